The number of hydrogen-bond acceptors (Lipinski definition) is 4. The smallest absolute Gasteiger partial charge is 0.252 e. The molecule has 0 fully saturated rings. The van der Waals surface area contributed by atoms with Crippen LogP contribution in [0.1, 0.15) is 5.56 Å². The van der Waals surface area contributed by atoms with Gasteiger partial charge in [0.2, 0.25) is 5.95 Å². The number of halogens is 2. The van der Waals surface area contributed by atoms with Crippen LogP contribution in [0, 0.1) is 11.6 Å². The minimum absolute atomic E-state index is 0.115. The third kappa shape index (κ3) is 4.20. The van der Waals surface area contributed by atoms with Crippen LogP contribution in [0.2, 0.25) is 0 Å². The first-order valence-electron chi connectivity index (χ1n) is 7.48. The highest BCUT2D eigenvalue weighted by Crippen LogP contribution is 2.20. The fourth-order valence-electron chi connectivity index (χ4n) is 2.35. The highest BCUT2D eigenvalue weighted by atomic mass is 19.1. The van der Waals surface area contributed by atoms with Gasteiger partial charge in [0.05, 0.1) is 12.8 Å². The Morgan fingerprint density at radius 3 is 2.40 bits per heavy atom. The topological polar surface area (TPSA) is 67.0 Å². The van der Waals surface area contributed by atoms with Gasteiger partial charge in [0.25, 0.3) is 5.56 Å². The molecule has 3 aromatic rings. The standard InChI is InChI=1S/C18H15F2N3O2/c1-25-15-4-2-12(3-5-15)16-9-17(24)23-18(22-16)21-10-11-6-13(19)8-14(20)7-11/h2-9H,10H2,1H3,(H2,21,22,23,24). The van der Waals surface area contributed by atoms with Gasteiger partial charge in [-0.25, -0.2) is 13.8 Å². The second kappa shape index (κ2) is 7.12. The molecule has 0 saturated heterocycles. The van der Waals surface area contributed by atoms with Crippen LogP contribution in [-0.4, -0.2) is 17.1 Å². The maximum absolute atomic E-state index is 13.2. The van der Waals surface area contributed by atoms with Crippen molar-refractivity contribution < 1.29 is 13.5 Å². The molecule has 0 radical (unpaired) electrons. The van der Waals surface area contributed by atoms with E-state index in [1.54, 1.807) is 31.4 Å². The molecule has 1 heterocycles. The Labute approximate surface area is 142 Å². The van der Waals surface area contributed by atoms with Crippen LogP contribution in [0.25, 0.3) is 11.3 Å². The number of hydrogen-bond donors (Lipinski definition) is 2. The number of nitrogens with one attached hydrogen (secondary N) is 2. The molecule has 0 unspecified atom stereocenters. The van der Waals surface area contributed by atoms with Crippen LogP contribution in [0.5, 0.6) is 5.75 Å². The lowest BCUT2D eigenvalue weighted by Gasteiger charge is -2.08. The molecule has 0 amide bonds. The summed E-state index contributed by atoms with van der Waals surface area (Å²) in [5, 5.41) is 2.86. The number of rotatable bonds is 5. The zero-order chi connectivity index (χ0) is 17.8. The minimum Gasteiger partial charge on any atom is -0.497 e. The van der Waals surface area contributed by atoms with Gasteiger partial charge < -0.3 is 10.1 Å². The van der Waals surface area contributed by atoms with E-state index >= 15 is 0 Å². The Morgan fingerprint density at radius 2 is 1.76 bits per heavy atom. The summed E-state index contributed by atoms with van der Waals surface area (Å²) in [5.41, 5.74) is 1.27. The van der Waals surface area contributed by atoms with Crippen LogP contribution in [-0.2, 0) is 6.54 Å². The van der Waals surface area contributed by atoms with Gasteiger partial charge in [0.1, 0.15) is 17.4 Å². The summed E-state index contributed by atoms with van der Waals surface area (Å²) in [7, 11) is 1.57. The van der Waals surface area contributed by atoms with Gasteiger partial charge in [-0.05, 0) is 42.0 Å². The van der Waals surface area contributed by atoms with Crippen LogP contribution >= 0.6 is 0 Å². The van der Waals surface area contributed by atoms with Gasteiger partial charge in [-0.2, -0.15) is 0 Å². The predicted octanol–water partition coefficient (Wildman–Crippen LogP) is 3.34. The molecule has 0 atom stereocenters. The molecule has 3 rings (SSSR count). The maximum Gasteiger partial charge on any atom is 0.252 e. The predicted molar refractivity (Wildman–Crippen MR) is 90.5 cm³/mol. The fourth-order valence-corrected chi connectivity index (χ4v) is 2.35. The molecule has 2 N–H and O–H groups in total. The number of nitrogens with zero attached hydrogens (tertiary/aromatic N) is 1. The largest absolute Gasteiger partial charge is 0.497 e. The summed E-state index contributed by atoms with van der Waals surface area (Å²) >= 11 is 0. The molecule has 1 aromatic heterocycles. The first-order valence-corrected chi connectivity index (χ1v) is 7.48. The van der Waals surface area contributed by atoms with Gasteiger partial charge in [0, 0.05) is 24.2 Å². The summed E-state index contributed by atoms with van der Waals surface area (Å²) in [6.07, 6.45) is 0. The lowest BCUT2D eigenvalue weighted by atomic mass is 10.1. The fraction of sp³-hybridized carbons (Fsp3) is 0.111. The molecule has 0 aliphatic carbocycles. The third-order valence-electron chi connectivity index (χ3n) is 3.51. The number of ether oxygens (including phenoxy) is 1. The van der Waals surface area contributed by atoms with Gasteiger partial charge in [0.15, 0.2) is 0 Å². The van der Waals surface area contributed by atoms with E-state index < -0.39 is 11.6 Å². The van der Waals surface area contributed by atoms with E-state index in [2.05, 4.69) is 15.3 Å². The zero-order valence-corrected chi connectivity index (χ0v) is 13.3. The van der Waals surface area contributed by atoms with Gasteiger partial charge in [-0.3, -0.25) is 9.78 Å². The Balaban J connectivity index is 1.82. The van der Waals surface area contributed by atoms with Gasteiger partial charge in [-0.15, -0.1) is 0 Å². The molecule has 5 nitrogen and oxygen atoms in total. The van der Waals surface area contributed by atoms with Crippen molar-refractivity contribution in [3.8, 4) is 17.0 Å². The van der Waals surface area contributed by atoms with Crippen molar-refractivity contribution in [3.63, 3.8) is 0 Å². The van der Waals surface area contributed by atoms with Crippen LogP contribution < -0.4 is 15.6 Å². The van der Waals surface area contributed by atoms with Crippen molar-refractivity contribution in [2.24, 2.45) is 0 Å². The lowest BCUT2D eigenvalue weighted by molar-refractivity contribution is 0.415. The average Bonchev–Trinajstić information content (AvgIpc) is 2.59. The molecular weight excluding hydrogens is 328 g/mol. The lowest BCUT2D eigenvalue weighted by Crippen LogP contribution is -2.13. The van der Waals surface area contributed by atoms with Crippen molar-refractivity contribution >= 4 is 5.95 Å². The highest BCUT2D eigenvalue weighted by Gasteiger charge is 2.06. The van der Waals surface area contributed by atoms with E-state index in [1.165, 1.54) is 18.2 Å². The zero-order valence-electron chi connectivity index (χ0n) is 13.3. The molecule has 25 heavy (non-hydrogen) atoms. The summed E-state index contributed by atoms with van der Waals surface area (Å²) < 4.78 is 31.5. The van der Waals surface area contributed by atoms with Gasteiger partial charge in [-0.1, -0.05) is 0 Å². The highest BCUT2D eigenvalue weighted by molar-refractivity contribution is 5.60. The Hall–Kier alpha value is -3.22. The number of aromatic amines is 1. The Kier molecular flexibility index (Phi) is 4.74. The molecule has 0 spiro atoms. The van der Waals surface area contributed by atoms with Crippen LogP contribution in [0.3, 0.4) is 0 Å². The van der Waals surface area contributed by atoms with Crippen LogP contribution in [0.15, 0.2) is 53.3 Å². The minimum atomic E-state index is -0.662. The van der Waals surface area contributed by atoms with E-state index in [-0.39, 0.29) is 18.1 Å². The first-order chi connectivity index (χ1) is 12.0. The van der Waals surface area contributed by atoms with E-state index in [9.17, 15) is 13.6 Å². The van der Waals surface area contributed by atoms with E-state index in [0.29, 0.717) is 17.0 Å². The van der Waals surface area contributed by atoms with Crippen molar-refractivity contribution in [2.45, 2.75) is 6.54 Å². The second-order valence-electron chi connectivity index (χ2n) is 5.34. The molecule has 0 saturated carbocycles. The number of benzene rings is 2. The SMILES string of the molecule is COc1ccc(-c2cc(=O)[nH]c(NCc3cc(F)cc(F)c3)n2)cc1. The summed E-state index contributed by atoms with van der Waals surface area (Å²) in [6, 6.07) is 11.7. The number of aromatic nitrogens is 2. The average molecular weight is 343 g/mol. The van der Waals surface area contributed by atoms with E-state index in [4.69, 9.17) is 4.74 Å². The third-order valence-corrected chi connectivity index (χ3v) is 3.51. The Bertz CT molecular complexity index is 920. The van der Waals surface area contributed by atoms with Crippen molar-refractivity contribution in [1.29, 1.82) is 0 Å². The quantitative estimate of drug-likeness (QED) is 0.746. The Morgan fingerprint density at radius 1 is 1.08 bits per heavy atom. The van der Waals surface area contributed by atoms with Crippen molar-refractivity contribution in [1.82, 2.24) is 9.97 Å². The number of anilines is 1. The number of methoxy groups -OCH3 is 1. The summed E-state index contributed by atoms with van der Waals surface area (Å²) in [6.45, 7) is 0.115. The summed E-state index contributed by atoms with van der Waals surface area (Å²) in [5.74, 6) is -0.418. The molecule has 128 valence electrons. The van der Waals surface area contributed by atoms with Gasteiger partial charge >= 0.3 is 0 Å². The molecular formula is C18H15F2N3O2. The van der Waals surface area contributed by atoms with Crippen molar-refractivity contribution in [3.05, 3.63) is 76.1 Å². The normalized spacial score (nSPS) is 10.5. The molecule has 0 aliphatic heterocycles. The molecule has 0 aliphatic rings. The second-order valence-corrected chi connectivity index (χ2v) is 5.34. The number of H-pyrrole nitrogens is 1. The maximum atomic E-state index is 13.2. The molecule has 0 bridgehead atoms. The molecule has 2 aromatic carbocycles. The monoisotopic (exact) mass is 343 g/mol. The van der Waals surface area contributed by atoms with E-state index in [1.807, 2.05) is 0 Å². The first kappa shape index (κ1) is 16.6. The van der Waals surface area contributed by atoms with Crippen LogP contribution in [0.4, 0.5) is 14.7 Å². The molecule has 7 heteroatoms. The van der Waals surface area contributed by atoms with Crippen molar-refractivity contribution in [2.75, 3.05) is 12.4 Å². The van der Waals surface area contributed by atoms with E-state index in [0.717, 1.165) is 11.6 Å². The summed E-state index contributed by atoms with van der Waals surface area (Å²) in [4.78, 5) is 18.7.